The second-order valence-corrected chi connectivity index (χ2v) is 5.93. The lowest BCUT2D eigenvalue weighted by molar-refractivity contribution is -0.383. The SMILES string of the molecule is O=[N+]([O-])c1c(Nc2cc(F)ccc2F)ncnc1Nc1cccc2cccnc12. The molecule has 2 heterocycles. The van der Waals surface area contributed by atoms with Gasteiger partial charge in [-0.05, 0) is 24.3 Å². The van der Waals surface area contributed by atoms with Crippen molar-refractivity contribution < 1.29 is 13.7 Å². The summed E-state index contributed by atoms with van der Waals surface area (Å²) in [7, 11) is 0. The molecule has 8 nitrogen and oxygen atoms in total. The van der Waals surface area contributed by atoms with Gasteiger partial charge in [-0.2, -0.15) is 0 Å². The Hall–Kier alpha value is -4.21. The molecule has 0 fully saturated rings. The van der Waals surface area contributed by atoms with Crippen LogP contribution in [0.15, 0.2) is 61.1 Å². The number of para-hydroxylation sites is 1. The van der Waals surface area contributed by atoms with Crippen LogP contribution in [-0.2, 0) is 0 Å². The molecule has 10 heteroatoms. The van der Waals surface area contributed by atoms with E-state index in [4.69, 9.17) is 0 Å². The monoisotopic (exact) mass is 394 g/mol. The summed E-state index contributed by atoms with van der Waals surface area (Å²) in [5, 5.41) is 17.9. The van der Waals surface area contributed by atoms with Crippen molar-refractivity contribution in [2.45, 2.75) is 0 Å². The smallest absolute Gasteiger partial charge is 0.332 e. The molecule has 4 rings (SSSR count). The van der Waals surface area contributed by atoms with E-state index in [1.807, 2.05) is 12.1 Å². The highest BCUT2D eigenvalue weighted by Gasteiger charge is 2.24. The van der Waals surface area contributed by atoms with E-state index < -0.39 is 22.2 Å². The van der Waals surface area contributed by atoms with Gasteiger partial charge >= 0.3 is 5.69 Å². The number of nitrogens with one attached hydrogen (secondary N) is 2. The Bertz CT molecular complexity index is 1230. The predicted octanol–water partition coefficient (Wildman–Crippen LogP) is 4.70. The summed E-state index contributed by atoms with van der Waals surface area (Å²) in [4.78, 5) is 23.0. The average Bonchev–Trinajstić information content (AvgIpc) is 2.71. The zero-order chi connectivity index (χ0) is 20.4. The van der Waals surface area contributed by atoms with Gasteiger partial charge in [-0.3, -0.25) is 15.1 Å². The standard InChI is InChI=1S/C19H12F2N6O2/c20-12-6-7-13(21)15(9-12)26-19-17(27(28)29)18(23-10-24-19)25-14-5-1-3-11-4-2-8-22-16(11)14/h1-10H,(H2,23,24,25,26). The number of nitrogens with zero attached hydrogens (tertiary/aromatic N) is 4. The average molecular weight is 394 g/mol. The van der Waals surface area contributed by atoms with E-state index in [9.17, 15) is 18.9 Å². The summed E-state index contributed by atoms with van der Waals surface area (Å²) in [6, 6.07) is 11.7. The molecule has 0 aliphatic carbocycles. The van der Waals surface area contributed by atoms with Crippen LogP contribution in [0, 0.1) is 21.7 Å². The van der Waals surface area contributed by atoms with Gasteiger partial charge in [0, 0.05) is 17.6 Å². The van der Waals surface area contributed by atoms with Gasteiger partial charge < -0.3 is 10.6 Å². The summed E-state index contributed by atoms with van der Waals surface area (Å²) >= 11 is 0. The summed E-state index contributed by atoms with van der Waals surface area (Å²) in [5.74, 6) is -1.90. The molecule has 4 aromatic rings. The first-order valence-corrected chi connectivity index (χ1v) is 8.35. The Balaban J connectivity index is 1.77. The summed E-state index contributed by atoms with van der Waals surface area (Å²) in [5.41, 5.74) is 0.273. The van der Waals surface area contributed by atoms with Crippen LogP contribution in [0.1, 0.15) is 0 Å². The number of nitro groups is 1. The van der Waals surface area contributed by atoms with Gasteiger partial charge in [0.15, 0.2) is 0 Å². The predicted molar refractivity (Wildman–Crippen MR) is 103 cm³/mol. The van der Waals surface area contributed by atoms with E-state index in [2.05, 4.69) is 25.6 Å². The summed E-state index contributed by atoms with van der Waals surface area (Å²) < 4.78 is 27.4. The van der Waals surface area contributed by atoms with Crippen LogP contribution in [0.5, 0.6) is 0 Å². The lowest BCUT2D eigenvalue weighted by atomic mass is 10.2. The molecule has 29 heavy (non-hydrogen) atoms. The molecule has 0 radical (unpaired) electrons. The minimum atomic E-state index is -0.785. The number of benzene rings is 2. The van der Waals surface area contributed by atoms with Gasteiger partial charge in [0.25, 0.3) is 0 Å². The molecule has 0 aliphatic heterocycles. The van der Waals surface area contributed by atoms with E-state index >= 15 is 0 Å². The van der Waals surface area contributed by atoms with Crippen molar-refractivity contribution >= 4 is 39.6 Å². The fourth-order valence-electron chi connectivity index (χ4n) is 2.79. The molecule has 0 saturated heterocycles. The van der Waals surface area contributed by atoms with Crippen molar-refractivity contribution in [3.05, 3.63) is 82.8 Å². The second-order valence-electron chi connectivity index (χ2n) is 5.93. The normalized spacial score (nSPS) is 10.7. The molecule has 0 unspecified atom stereocenters. The number of hydrogen-bond donors (Lipinski definition) is 2. The fourth-order valence-corrected chi connectivity index (χ4v) is 2.79. The van der Waals surface area contributed by atoms with Crippen molar-refractivity contribution in [1.82, 2.24) is 15.0 Å². The summed E-state index contributed by atoms with van der Waals surface area (Å²) in [6.07, 6.45) is 2.68. The van der Waals surface area contributed by atoms with Crippen LogP contribution in [0.25, 0.3) is 10.9 Å². The van der Waals surface area contributed by atoms with Crippen molar-refractivity contribution in [3.8, 4) is 0 Å². The molecular formula is C19H12F2N6O2. The number of rotatable bonds is 5. The van der Waals surface area contributed by atoms with E-state index in [0.29, 0.717) is 11.2 Å². The first-order chi connectivity index (χ1) is 14.0. The van der Waals surface area contributed by atoms with Crippen LogP contribution >= 0.6 is 0 Å². The van der Waals surface area contributed by atoms with E-state index in [1.54, 1.807) is 24.4 Å². The maximum atomic E-state index is 13.9. The second kappa shape index (κ2) is 7.43. The lowest BCUT2D eigenvalue weighted by Crippen LogP contribution is -2.06. The molecule has 0 aliphatic rings. The highest BCUT2D eigenvalue weighted by Crippen LogP contribution is 2.34. The summed E-state index contributed by atoms with van der Waals surface area (Å²) in [6.45, 7) is 0. The van der Waals surface area contributed by atoms with Gasteiger partial charge in [-0.1, -0.05) is 18.2 Å². The first-order valence-electron chi connectivity index (χ1n) is 8.35. The molecule has 2 N–H and O–H groups in total. The topological polar surface area (TPSA) is 106 Å². The molecule has 0 saturated carbocycles. The van der Waals surface area contributed by atoms with Crippen LogP contribution in [0.4, 0.5) is 37.5 Å². The van der Waals surface area contributed by atoms with Crippen molar-refractivity contribution in [1.29, 1.82) is 0 Å². The number of pyridine rings is 1. The number of anilines is 4. The number of fused-ring (bicyclic) bond motifs is 1. The molecule has 0 bridgehead atoms. The lowest BCUT2D eigenvalue weighted by Gasteiger charge is -2.11. The van der Waals surface area contributed by atoms with Crippen LogP contribution < -0.4 is 10.6 Å². The fraction of sp³-hybridized carbons (Fsp3) is 0. The van der Waals surface area contributed by atoms with E-state index in [0.717, 1.165) is 29.9 Å². The third kappa shape index (κ3) is 3.63. The van der Waals surface area contributed by atoms with Crippen molar-refractivity contribution in [3.63, 3.8) is 0 Å². The van der Waals surface area contributed by atoms with Crippen molar-refractivity contribution in [2.75, 3.05) is 10.6 Å². The molecule has 2 aromatic heterocycles. The third-order valence-electron chi connectivity index (χ3n) is 4.07. The molecule has 0 amide bonds. The van der Waals surface area contributed by atoms with Crippen LogP contribution in [-0.4, -0.2) is 19.9 Å². The number of halogens is 2. The number of aromatic nitrogens is 3. The molecule has 2 aromatic carbocycles. The Morgan fingerprint density at radius 2 is 1.62 bits per heavy atom. The highest BCUT2D eigenvalue weighted by molar-refractivity contribution is 5.93. The molecule has 0 spiro atoms. The Kier molecular flexibility index (Phi) is 4.65. The van der Waals surface area contributed by atoms with Gasteiger partial charge in [0.05, 0.1) is 21.8 Å². The van der Waals surface area contributed by atoms with Gasteiger partial charge in [-0.15, -0.1) is 0 Å². The largest absolute Gasteiger partial charge is 0.353 e. The molecule has 0 atom stereocenters. The first kappa shape index (κ1) is 18.2. The zero-order valence-corrected chi connectivity index (χ0v) is 14.6. The van der Waals surface area contributed by atoms with Crippen LogP contribution in [0.3, 0.4) is 0 Å². The Morgan fingerprint density at radius 3 is 2.38 bits per heavy atom. The zero-order valence-electron chi connectivity index (χ0n) is 14.6. The minimum Gasteiger partial charge on any atom is -0.332 e. The van der Waals surface area contributed by atoms with Crippen LogP contribution in [0.2, 0.25) is 0 Å². The molecular weight excluding hydrogens is 382 g/mol. The van der Waals surface area contributed by atoms with Gasteiger partial charge in [0.1, 0.15) is 18.0 Å². The third-order valence-corrected chi connectivity index (χ3v) is 4.07. The van der Waals surface area contributed by atoms with E-state index in [1.165, 1.54) is 0 Å². The quantitative estimate of drug-likeness (QED) is 0.373. The van der Waals surface area contributed by atoms with Crippen molar-refractivity contribution in [2.24, 2.45) is 0 Å². The highest BCUT2D eigenvalue weighted by atomic mass is 19.1. The van der Waals surface area contributed by atoms with E-state index in [-0.39, 0.29) is 17.3 Å². The van der Waals surface area contributed by atoms with Gasteiger partial charge in [-0.25, -0.2) is 18.7 Å². The minimum absolute atomic E-state index is 0.123. The molecule has 144 valence electrons. The maximum absolute atomic E-state index is 13.9. The Labute approximate surface area is 162 Å². The Morgan fingerprint density at radius 1 is 0.897 bits per heavy atom. The van der Waals surface area contributed by atoms with Gasteiger partial charge in [0.2, 0.25) is 11.6 Å². The number of hydrogen-bond acceptors (Lipinski definition) is 7. The maximum Gasteiger partial charge on any atom is 0.353 e.